The molecule has 1 aliphatic heterocycles. The van der Waals surface area contributed by atoms with E-state index in [4.69, 9.17) is 4.74 Å². The van der Waals surface area contributed by atoms with E-state index in [1.165, 1.54) is 0 Å². The Morgan fingerprint density at radius 3 is 2.88 bits per heavy atom. The van der Waals surface area contributed by atoms with Gasteiger partial charge < -0.3 is 4.74 Å². The van der Waals surface area contributed by atoms with Crippen LogP contribution in [0.5, 0.6) is 0 Å². The molecule has 1 atom stereocenters. The summed E-state index contributed by atoms with van der Waals surface area (Å²) in [6, 6.07) is 0. The first-order valence-electron chi connectivity index (χ1n) is 3.01. The van der Waals surface area contributed by atoms with Gasteiger partial charge in [0.25, 0.3) is 0 Å². The molecule has 2 nitrogen and oxygen atoms in total. The van der Waals surface area contributed by atoms with Crippen molar-refractivity contribution in [2.45, 2.75) is 19.8 Å². The van der Waals surface area contributed by atoms with Crippen LogP contribution in [0.15, 0.2) is 0 Å². The van der Waals surface area contributed by atoms with E-state index >= 15 is 0 Å². The summed E-state index contributed by atoms with van der Waals surface area (Å²) in [5, 5.41) is 0. The quantitative estimate of drug-likeness (QED) is 0.474. The number of carbonyl (C=O) groups excluding carboxylic acids is 1. The van der Waals surface area contributed by atoms with Gasteiger partial charge in [0.05, 0.1) is 12.5 Å². The van der Waals surface area contributed by atoms with Crippen LogP contribution in [0, 0.1) is 5.92 Å². The maximum Gasteiger partial charge on any atom is 0.309 e. The van der Waals surface area contributed by atoms with Crippen molar-refractivity contribution in [3.05, 3.63) is 0 Å². The van der Waals surface area contributed by atoms with Crippen LogP contribution < -0.4 is 0 Å². The lowest BCUT2D eigenvalue weighted by atomic mass is 10.1. The molecule has 46 valence electrons. The molecule has 0 aromatic carbocycles. The van der Waals surface area contributed by atoms with Crippen LogP contribution in [-0.2, 0) is 9.53 Å². The molecule has 1 heterocycles. The van der Waals surface area contributed by atoms with Gasteiger partial charge in [0.1, 0.15) is 0 Å². The minimum absolute atomic E-state index is 0.00694. The van der Waals surface area contributed by atoms with Gasteiger partial charge in [-0.2, -0.15) is 0 Å². The summed E-state index contributed by atoms with van der Waals surface area (Å²) in [5.74, 6) is 0.197. The molecular weight excluding hydrogens is 104 g/mol. The SMILES string of the molecule is CC[C@H]1CCOC1=O. The third-order valence-corrected chi connectivity index (χ3v) is 1.54. The van der Waals surface area contributed by atoms with E-state index in [2.05, 4.69) is 0 Å². The first-order valence-corrected chi connectivity index (χ1v) is 3.01. The smallest absolute Gasteiger partial charge is 0.309 e. The zero-order chi connectivity index (χ0) is 5.98. The number of esters is 1. The third-order valence-electron chi connectivity index (χ3n) is 1.54. The molecule has 0 saturated carbocycles. The standard InChI is InChI=1S/C6H10O2/c1-2-5-3-4-8-6(5)7/h5H,2-4H2,1H3/t5-/m0/s1. The molecule has 0 aromatic heterocycles. The Morgan fingerprint density at radius 1 is 1.88 bits per heavy atom. The first-order chi connectivity index (χ1) is 3.84. The molecule has 2 heteroatoms. The van der Waals surface area contributed by atoms with Gasteiger partial charge in [0.2, 0.25) is 0 Å². The van der Waals surface area contributed by atoms with Crippen molar-refractivity contribution in [2.75, 3.05) is 6.61 Å². The molecule has 1 fully saturated rings. The second kappa shape index (κ2) is 2.16. The Kier molecular flexibility index (Phi) is 1.51. The highest BCUT2D eigenvalue weighted by atomic mass is 16.5. The fourth-order valence-corrected chi connectivity index (χ4v) is 0.908. The third kappa shape index (κ3) is 0.831. The topological polar surface area (TPSA) is 26.3 Å². The Labute approximate surface area is 48.8 Å². The van der Waals surface area contributed by atoms with Crippen LogP contribution >= 0.6 is 0 Å². The van der Waals surface area contributed by atoms with Crippen LogP contribution in [0.2, 0.25) is 0 Å². The summed E-state index contributed by atoms with van der Waals surface area (Å²) in [6.07, 6.45) is 1.86. The molecular formula is C6H10O2. The number of cyclic esters (lactones) is 1. The normalized spacial score (nSPS) is 28.1. The average molecular weight is 114 g/mol. The molecule has 0 N–H and O–H groups in total. The van der Waals surface area contributed by atoms with Crippen molar-refractivity contribution in [1.82, 2.24) is 0 Å². The minimum Gasteiger partial charge on any atom is -0.465 e. The van der Waals surface area contributed by atoms with Gasteiger partial charge in [-0.25, -0.2) is 0 Å². The Bertz CT molecular complexity index is 98.7. The van der Waals surface area contributed by atoms with Gasteiger partial charge in [0, 0.05) is 0 Å². The molecule has 0 amide bonds. The summed E-state index contributed by atoms with van der Waals surface area (Å²) >= 11 is 0. The number of hydrogen-bond acceptors (Lipinski definition) is 2. The van der Waals surface area contributed by atoms with E-state index in [-0.39, 0.29) is 11.9 Å². The van der Waals surface area contributed by atoms with E-state index < -0.39 is 0 Å². The predicted molar refractivity (Wildman–Crippen MR) is 29.4 cm³/mol. The van der Waals surface area contributed by atoms with Crippen molar-refractivity contribution in [3.63, 3.8) is 0 Å². The van der Waals surface area contributed by atoms with E-state index in [0.717, 1.165) is 12.8 Å². The van der Waals surface area contributed by atoms with Gasteiger partial charge in [-0.1, -0.05) is 6.92 Å². The second-order valence-electron chi connectivity index (χ2n) is 2.06. The highest BCUT2D eigenvalue weighted by Crippen LogP contribution is 2.16. The second-order valence-corrected chi connectivity index (χ2v) is 2.06. The van der Waals surface area contributed by atoms with Crippen LogP contribution in [0.4, 0.5) is 0 Å². The number of hydrogen-bond donors (Lipinski definition) is 0. The number of carbonyl (C=O) groups is 1. The molecule has 1 rings (SSSR count). The van der Waals surface area contributed by atoms with Crippen LogP contribution in [-0.4, -0.2) is 12.6 Å². The summed E-state index contributed by atoms with van der Waals surface area (Å²) in [6.45, 7) is 2.65. The van der Waals surface area contributed by atoms with Crippen molar-refractivity contribution in [1.29, 1.82) is 0 Å². The first kappa shape index (κ1) is 5.60. The summed E-state index contributed by atoms with van der Waals surface area (Å²) in [5.41, 5.74) is 0. The van der Waals surface area contributed by atoms with Gasteiger partial charge in [-0.3, -0.25) is 4.79 Å². The monoisotopic (exact) mass is 114 g/mol. The zero-order valence-electron chi connectivity index (χ0n) is 5.02. The molecule has 0 spiro atoms. The van der Waals surface area contributed by atoms with Crippen LogP contribution in [0.1, 0.15) is 19.8 Å². The van der Waals surface area contributed by atoms with E-state index in [0.29, 0.717) is 6.61 Å². The van der Waals surface area contributed by atoms with Crippen molar-refractivity contribution < 1.29 is 9.53 Å². The highest BCUT2D eigenvalue weighted by molar-refractivity contribution is 5.73. The molecule has 0 aromatic rings. The Hall–Kier alpha value is -0.530. The number of rotatable bonds is 1. The molecule has 1 saturated heterocycles. The minimum atomic E-state index is -0.00694. The van der Waals surface area contributed by atoms with Gasteiger partial charge >= 0.3 is 5.97 Å². The highest BCUT2D eigenvalue weighted by Gasteiger charge is 2.23. The van der Waals surface area contributed by atoms with Gasteiger partial charge in [-0.05, 0) is 12.8 Å². The van der Waals surface area contributed by atoms with Crippen molar-refractivity contribution >= 4 is 5.97 Å². The maximum atomic E-state index is 10.6. The Morgan fingerprint density at radius 2 is 2.62 bits per heavy atom. The lowest BCUT2D eigenvalue weighted by Gasteiger charge is -1.95. The van der Waals surface area contributed by atoms with E-state index in [9.17, 15) is 4.79 Å². The van der Waals surface area contributed by atoms with Gasteiger partial charge in [-0.15, -0.1) is 0 Å². The number of ether oxygens (including phenoxy) is 1. The molecule has 0 unspecified atom stereocenters. The van der Waals surface area contributed by atoms with Crippen LogP contribution in [0.25, 0.3) is 0 Å². The van der Waals surface area contributed by atoms with Crippen LogP contribution in [0.3, 0.4) is 0 Å². The fraction of sp³-hybridized carbons (Fsp3) is 0.833. The van der Waals surface area contributed by atoms with Crippen molar-refractivity contribution in [3.8, 4) is 0 Å². The molecule has 0 bridgehead atoms. The maximum absolute atomic E-state index is 10.6. The van der Waals surface area contributed by atoms with E-state index in [1.807, 2.05) is 6.92 Å². The lowest BCUT2D eigenvalue weighted by Crippen LogP contribution is -2.04. The van der Waals surface area contributed by atoms with Gasteiger partial charge in [0.15, 0.2) is 0 Å². The fourth-order valence-electron chi connectivity index (χ4n) is 0.908. The molecule has 0 aliphatic carbocycles. The molecule has 0 radical (unpaired) electrons. The Balaban J connectivity index is 2.42. The van der Waals surface area contributed by atoms with Crippen molar-refractivity contribution in [2.24, 2.45) is 5.92 Å². The molecule has 1 aliphatic rings. The largest absolute Gasteiger partial charge is 0.465 e. The summed E-state index contributed by atoms with van der Waals surface area (Å²) in [4.78, 5) is 10.6. The average Bonchev–Trinajstić information content (AvgIpc) is 2.14. The lowest BCUT2D eigenvalue weighted by molar-refractivity contribution is -0.141. The summed E-state index contributed by atoms with van der Waals surface area (Å²) in [7, 11) is 0. The predicted octanol–water partition coefficient (Wildman–Crippen LogP) is 0.960. The van der Waals surface area contributed by atoms with E-state index in [1.54, 1.807) is 0 Å². The molecule has 8 heavy (non-hydrogen) atoms. The zero-order valence-corrected chi connectivity index (χ0v) is 5.02. The summed E-state index contributed by atoms with van der Waals surface area (Å²) < 4.78 is 4.72.